The highest BCUT2D eigenvalue weighted by Crippen LogP contribution is 2.29. The monoisotopic (exact) mass is 390 g/mol. The SMILES string of the molecule is NN(Cc1ccc(C(F)(F)F)cc1)C(=O)c1cnc(-c2ncccn2)nc1O. The lowest BCUT2D eigenvalue weighted by Crippen LogP contribution is -2.37. The van der Waals surface area contributed by atoms with Crippen molar-refractivity contribution in [1.82, 2.24) is 24.9 Å². The lowest BCUT2D eigenvalue weighted by molar-refractivity contribution is -0.137. The number of hydrogen-bond acceptors (Lipinski definition) is 7. The van der Waals surface area contributed by atoms with Crippen molar-refractivity contribution in [2.24, 2.45) is 5.84 Å². The number of alkyl halides is 3. The van der Waals surface area contributed by atoms with Crippen LogP contribution in [-0.2, 0) is 12.7 Å². The average Bonchev–Trinajstić information content (AvgIpc) is 2.68. The number of nitrogens with zero attached hydrogens (tertiary/aromatic N) is 5. The van der Waals surface area contributed by atoms with Gasteiger partial charge in [-0.15, -0.1) is 0 Å². The minimum Gasteiger partial charge on any atom is -0.493 e. The molecule has 144 valence electrons. The molecule has 0 radical (unpaired) electrons. The predicted molar refractivity (Wildman–Crippen MR) is 90.2 cm³/mol. The smallest absolute Gasteiger partial charge is 0.416 e. The van der Waals surface area contributed by atoms with Gasteiger partial charge < -0.3 is 5.11 Å². The van der Waals surface area contributed by atoms with E-state index < -0.39 is 23.5 Å². The Hall–Kier alpha value is -3.60. The number of amides is 1. The molecule has 0 saturated carbocycles. The fraction of sp³-hybridized carbons (Fsp3) is 0.118. The van der Waals surface area contributed by atoms with E-state index in [4.69, 9.17) is 5.84 Å². The zero-order chi connectivity index (χ0) is 20.3. The van der Waals surface area contributed by atoms with Crippen molar-refractivity contribution in [1.29, 1.82) is 0 Å². The first-order chi connectivity index (χ1) is 13.3. The van der Waals surface area contributed by atoms with E-state index in [1.165, 1.54) is 24.5 Å². The van der Waals surface area contributed by atoms with E-state index >= 15 is 0 Å². The lowest BCUT2D eigenvalue weighted by Gasteiger charge is -2.17. The Balaban J connectivity index is 1.74. The van der Waals surface area contributed by atoms with Crippen LogP contribution in [0.25, 0.3) is 11.6 Å². The van der Waals surface area contributed by atoms with Gasteiger partial charge in [-0.3, -0.25) is 9.80 Å². The van der Waals surface area contributed by atoms with E-state index in [9.17, 15) is 23.1 Å². The Morgan fingerprint density at radius 1 is 1.07 bits per heavy atom. The van der Waals surface area contributed by atoms with Gasteiger partial charge in [-0.2, -0.15) is 18.2 Å². The largest absolute Gasteiger partial charge is 0.493 e. The molecule has 3 N–H and O–H groups in total. The quantitative estimate of drug-likeness (QED) is 0.398. The van der Waals surface area contributed by atoms with Crippen molar-refractivity contribution < 1.29 is 23.1 Å². The maximum atomic E-state index is 12.6. The maximum absolute atomic E-state index is 12.6. The van der Waals surface area contributed by atoms with Gasteiger partial charge in [-0.1, -0.05) is 12.1 Å². The van der Waals surface area contributed by atoms with Crippen LogP contribution < -0.4 is 5.84 Å². The average molecular weight is 390 g/mol. The summed E-state index contributed by atoms with van der Waals surface area (Å²) in [5.41, 5.74) is -0.705. The van der Waals surface area contributed by atoms with Crippen LogP contribution in [0.4, 0.5) is 13.2 Å². The normalized spacial score (nSPS) is 11.3. The van der Waals surface area contributed by atoms with Crippen molar-refractivity contribution in [3.63, 3.8) is 0 Å². The second-order valence-corrected chi connectivity index (χ2v) is 5.63. The summed E-state index contributed by atoms with van der Waals surface area (Å²) in [5.74, 6) is 4.44. The van der Waals surface area contributed by atoms with Gasteiger partial charge in [0.05, 0.1) is 12.1 Å². The molecule has 3 rings (SSSR count). The van der Waals surface area contributed by atoms with Gasteiger partial charge in [0.25, 0.3) is 5.91 Å². The molecular weight excluding hydrogens is 377 g/mol. The first-order valence-corrected chi connectivity index (χ1v) is 7.82. The third-order valence-corrected chi connectivity index (χ3v) is 3.66. The highest BCUT2D eigenvalue weighted by molar-refractivity contribution is 5.95. The minimum absolute atomic E-state index is 0.0148. The summed E-state index contributed by atoms with van der Waals surface area (Å²) in [5, 5.41) is 10.8. The molecule has 2 heterocycles. The lowest BCUT2D eigenvalue weighted by atomic mass is 10.1. The number of rotatable bonds is 4. The van der Waals surface area contributed by atoms with Gasteiger partial charge >= 0.3 is 6.18 Å². The Bertz CT molecular complexity index is 980. The van der Waals surface area contributed by atoms with Gasteiger partial charge in [0.15, 0.2) is 5.82 Å². The standard InChI is InChI=1S/C17H13F3N6O2/c18-17(19,20)11-4-2-10(3-5-11)9-26(21)16(28)12-8-24-14(25-15(12)27)13-22-6-1-7-23-13/h1-8H,9,21H2,(H,24,25,27). The second kappa shape index (κ2) is 7.56. The summed E-state index contributed by atoms with van der Waals surface area (Å²) in [6.07, 6.45) is -0.450. The molecule has 0 atom stereocenters. The summed E-state index contributed by atoms with van der Waals surface area (Å²) in [4.78, 5) is 28.0. The van der Waals surface area contributed by atoms with Crippen LogP contribution in [0.5, 0.6) is 5.88 Å². The van der Waals surface area contributed by atoms with Crippen LogP contribution in [0.15, 0.2) is 48.9 Å². The number of nitrogens with two attached hydrogens (primary N) is 1. The van der Waals surface area contributed by atoms with Crippen LogP contribution >= 0.6 is 0 Å². The summed E-state index contributed by atoms with van der Waals surface area (Å²) >= 11 is 0. The van der Waals surface area contributed by atoms with E-state index in [-0.39, 0.29) is 23.8 Å². The van der Waals surface area contributed by atoms with E-state index in [2.05, 4.69) is 19.9 Å². The third-order valence-electron chi connectivity index (χ3n) is 3.66. The molecular formula is C17H13F3N6O2. The number of hydrogen-bond donors (Lipinski definition) is 2. The predicted octanol–water partition coefficient (Wildman–Crippen LogP) is 2.17. The summed E-state index contributed by atoms with van der Waals surface area (Å²) in [6, 6.07) is 5.80. The van der Waals surface area contributed by atoms with E-state index in [0.717, 1.165) is 23.3 Å². The molecule has 0 fully saturated rings. The molecule has 28 heavy (non-hydrogen) atoms. The fourth-order valence-corrected chi connectivity index (χ4v) is 2.27. The Labute approximate surface area is 156 Å². The van der Waals surface area contributed by atoms with Crippen molar-refractivity contribution in [3.05, 3.63) is 65.6 Å². The highest BCUT2D eigenvalue weighted by atomic mass is 19.4. The molecule has 0 bridgehead atoms. The van der Waals surface area contributed by atoms with E-state index in [1.54, 1.807) is 6.07 Å². The topological polar surface area (TPSA) is 118 Å². The Morgan fingerprint density at radius 2 is 1.71 bits per heavy atom. The summed E-state index contributed by atoms with van der Waals surface area (Å²) in [7, 11) is 0. The summed E-state index contributed by atoms with van der Waals surface area (Å²) in [6.45, 7) is -0.181. The van der Waals surface area contributed by atoms with Crippen LogP contribution in [0.3, 0.4) is 0 Å². The van der Waals surface area contributed by atoms with E-state index in [0.29, 0.717) is 5.56 Å². The molecule has 3 aromatic rings. The number of carbonyl (C=O) groups excluding carboxylic acids is 1. The maximum Gasteiger partial charge on any atom is 0.416 e. The summed E-state index contributed by atoms with van der Waals surface area (Å²) < 4.78 is 37.8. The van der Waals surface area contributed by atoms with Crippen molar-refractivity contribution in [2.45, 2.75) is 12.7 Å². The van der Waals surface area contributed by atoms with Crippen molar-refractivity contribution in [3.8, 4) is 17.5 Å². The minimum atomic E-state index is -4.45. The van der Waals surface area contributed by atoms with E-state index in [1.807, 2.05) is 0 Å². The molecule has 11 heteroatoms. The molecule has 0 unspecified atom stereocenters. The van der Waals surface area contributed by atoms with Crippen LogP contribution in [0.1, 0.15) is 21.5 Å². The number of halogens is 3. The Morgan fingerprint density at radius 3 is 2.29 bits per heavy atom. The Kier molecular flexibility index (Phi) is 5.18. The van der Waals surface area contributed by atoms with Crippen LogP contribution in [-0.4, -0.2) is 36.0 Å². The molecule has 0 aliphatic heterocycles. The van der Waals surface area contributed by atoms with Crippen molar-refractivity contribution >= 4 is 5.91 Å². The molecule has 0 spiro atoms. The van der Waals surface area contributed by atoms with Crippen molar-refractivity contribution in [2.75, 3.05) is 0 Å². The first-order valence-electron chi connectivity index (χ1n) is 7.82. The molecule has 0 aliphatic rings. The van der Waals surface area contributed by atoms with Gasteiger partial charge in [0.1, 0.15) is 5.56 Å². The fourth-order valence-electron chi connectivity index (χ4n) is 2.27. The molecule has 8 nitrogen and oxygen atoms in total. The third kappa shape index (κ3) is 4.20. The molecule has 2 aromatic heterocycles. The van der Waals surface area contributed by atoms with Crippen LogP contribution in [0, 0.1) is 0 Å². The number of carbonyl (C=O) groups is 1. The zero-order valence-electron chi connectivity index (χ0n) is 14.1. The number of hydrazine groups is 1. The number of aromatic hydroxyl groups is 1. The number of benzene rings is 1. The molecule has 0 saturated heterocycles. The van der Waals surface area contributed by atoms with Crippen LogP contribution in [0.2, 0.25) is 0 Å². The molecule has 0 aliphatic carbocycles. The van der Waals surface area contributed by atoms with Gasteiger partial charge in [0, 0.05) is 18.6 Å². The zero-order valence-corrected chi connectivity index (χ0v) is 14.1. The van der Waals surface area contributed by atoms with Gasteiger partial charge in [0.2, 0.25) is 11.7 Å². The molecule has 1 amide bonds. The van der Waals surface area contributed by atoms with Gasteiger partial charge in [-0.05, 0) is 23.8 Å². The van der Waals surface area contributed by atoms with Gasteiger partial charge in [-0.25, -0.2) is 20.8 Å². The molecule has 1 aromatic carbocycles. The first kappa shape index (κ1) is 19.2. The highest BCUT2D eigenvalue weighted by Gasteiger charge is 2.30. The number of aromatic nitrogens is 4. The second-order valence-electron chi connectivity index (χ2n) is 5.63.